The fourth-order valence-corrected chi connectivity index (χ4v) is 4.58. The molecule has 0 bridgehead atoms. The largest absolute Gasteiger partial charge is 0.462 e. The number of Topliss-reactive ketones (excluding diaryl/α,β-unsaturated/α-hetero) is 1. The zero-order valence-electron chi connectivity index (χ0n) is 16.8. The van der Waals surface area contributed by atoms with Gasteiger partial charge in [-0.1, -0.05) is 49.2 Å². The highest BCUT2D eigenvalue weighted by Gasteiger charge is 2.46. The van der Waals surface area contributed by atoms with Gasteiger partial charge in [-0.25, -0.2) is 0 Å². The van der Waals surface area contributed by atoms with Crippen molar-refractivity contribution in [3.8, 4) is 0 Å². The smallest absolute Gasteiger partial charge is 0.315 e. The third kappa shape index (κ3) is 3.90. The molecule has 0 saturated carbocycles. The molecule has 150 valence electrons. The molecule has 2 aliphatic rings. The van der Waals surface area contributed by atoms with E-state index in [2.05, 4.69) is 18.8 Å². The second-order valence-corrected chi connectivity index (χ2v) is 9.42. The van der Waals surface area contributed by atoms with E-state index in [0.717, 1.165) is 5.70 Å². The van der Waals surface area contributed by atoms with Crippen LogP contribution >= 0.6 is 23.2 Å². The summed E-state index contributed by atoms with van der Waals surface area (Å²) in [5, 5.41) is 0.747. The minimum atomic E-state index is -0.706. The van der Waals surface area contributed by atoms with Crippen molar-refractivity contribution in [1.29, 1.82) is 0 Å². The number of allylic oxidation sites excluding steroid dienone is 2. The Labute approximate surface area is 176 Å². The van der Waals surface area contributed by atoms with E-state index >= 15 is 0 Å². The molecule has 1 aliphatic carbocycles. The van der Waals surface area contributed by atoms with Crippen molar-refractivity contribution < 1.29 is 14.3 Å². The van der Waals surface area contributed by atoms with Crippen LogP contribution in [-0.4, -0.2) is 23.6 Å². The van der Waals surface area contributed by atoms with E-state index in [-0.39, 0.29) is 17.3 Å². The van der Waals surface area contributed by atoms with E-state index in [4.69, 9.17) is 27.9 Å². The van der Waals surface area contributed by atoms with Gasteiger partial charge in [0.25, 0.3) is 0 Å². The van der Waals surface area contributed by atoms with Gasteiger partial charge in [0.1, 0.15) is 5.92 Å². The lowest BCUT2D eigenvalue weighted by atomic mass is 9.67. The van der Waals surface area contributed by atoms with Gasteiger partial charge in [-0.05, 0) is 44.2 Å². The first-order chi connectivity index (χ1) is 13.0. The number of halogens is 2. The fraction of sp³-hybridized carbons (Fsp3) is 0.500. The summed E-state index contributed by atoms with van der Waals surface area (Å²) >= 11 is 12.8. The topological polar surface area (TPSA) is 55.7 Å². The second-order valence-electron chi connectivity index (χ2n) is 8.64. The van der Waals surface area contributed by atoms with Crippen LogP contribution in [0.3, 0.4) is 0 Å². The van der Waals surface area contributed by atoms with Crippen LogP contribution in [0, 0.1) is 11.3 Å². The summed E-state index contributed by atoms with van der Waals surface area (Å²) < 4.78 is 5.51. The molecular formula is C22H25Cl2NO3. The van der Waals surface area contributed by atoms with Gasteiger partial charge in [-0.3, -0.25) is 14.6 Å². The normalized spacial score (nSPS) is 24.1. The lowest BCUT2D eigenvalue weighted by Gasteiger charge is -2.39. The molecule has 0 N–H and O–H groups in total. The van der Waals surface area contributed by atoms with Crippen LogP contribution in [0.4, 0.5) is 0 Å². The molecule has 0 radical (unpaired) electrons. The average Bonchev–Trinajstić information content (AvgIpc) is 2.54. The molecule has 1 unspecified atom stereocenters. The molecule has 0 amide bonds. The molecule has 0 saturated heterocycles. The van der Waals surface area contributed by atoms with Crippen molar-refractivity contribution in [2.45, 2.75) is 59.5 Å². The maximum Gasteiger partial charge on any atom is 0.315 e. The first-order valence-electron chi connectivity index (χ1n) is 9.47. The lowest BCUT2D eigenvalue weighted by molar-refractivity contribution is -0.150. The Hall–Kier alpha value is -1.65. The predicted molar refractivity (Wildman–Crippen MR) is 112 cm³/mol. The Balaban J connectivity index is 2.22. The minimum absolute atomic E-state index is 0.00545. The maximum absolute atomic E-state index is 13.2. The summed E-state index contributed by atoms with van der Waals surface area (Å²) in [5.41, 5.74) is 2.44. The van der Waals surface area contributed by atoms with Crippen LogP contribution in [0.5, 0.6) is 0 Å². The fourth-order valence-electron chi connectivity index (χ4n) is 4.15. The highest BCUT2D eigenvalue weighted by atomic mass is 35.5. The Bertz CT molecular complexity index is 899. The van der Waals surface area contributed by atoms with Crippen LogP contribution in [0.15, 0.2) is 34.5 Å². The average molecular weight is 422 g/mol. The summed E-state index contributed by atoms with van der Waals surface area (Å²) in [5.74, 6) is -1.65. The number of carbonyl (C=O) groups excluding carboxylic acids is 2. The van der Waals surface area contributed by atoms with Gasteiger partial charge in [-0.2, -0.15) is 0 Å². The molecule has 0 spiro atoms. The Morgan fingerprint density at radius 3 is 2.57 bits per heavy atom. The number of ketones is 1. The molecule has 0 fully saturated rings. The molecule has 3 rings (SSSR count). The van der Waals surface area contributed by atoms with Crippen molar-refractivity contribution >= 4 is 40.7 Å². The number of carbonyl (C=O) groups is 2. The monoisotopic (exact) mass is 421 g/mol. The van der Waals surface area contributed by atoms with Crippen LogP contribution < -0.4 is 0 Å². The summed E-state index contributed by atoms with van der Waals surface area (Å²) in [4.78, 5) is 30.8. The molecular weight excluding hydrogens is 397 g/mol. The van der Waals surface area contributed by atoms with Crippen LogP contribution in [0.2, 0.25) is 10.0 Å². The molecule has 6 heteroatoms. The SMILES string of the molecule is CC1=NC2=C(C(=O)CC(C)(C)C2)[C@@H](c2cccc(Cl)c2Cl)C1C(=O)OC(C)C. The Kier molecular flexibility index (Phi) is 5.75. The Morgan fingerprint density at radius 1 is 1.25 bits per heavy atom. The summed E-state index contributed by atoms with van der Waals surface area (Å²) in [6.45, 7) is 9.52. The van der Waals surface area contributed by atoms with E-state index in [1.54, 1.807) is 26.0 Å². The van der Waals surface area contributed by atoms with E-state index in [1.807, 2.05) is 13.0 Å². The molecule has 1 heterocycles. The summed E-state index contributed by atoms with van der Waals surface area (Å²) in [7, 11) is 0. The highest BCUT2D eigenvalue weighted by molar-refractivity contribution is 6.42. The second kappa shape index (κ2) is 7.64. The van der Waals surface area contributed by atoms with Gasteiger partial charge in [0.05, 0.1) is 16.1 Å². The van der Waals surface area contributed by atoms with E-state index in [0.29, 0.717) is 39.7 Å². The van der Waals surface area contributed by atoms with Crippen molar-refractivity contribution in [3.63, 3.8) is 0 Å². The molecule has 1 aliphatic heterocycles. The van der Waals surface area contributed by atoms with Crippen molar-refractivity contribution in [2.24, 2.45) is 16.3 Å². The summed E-state index contributed by atoms with van der Waals surface area (Å²) in [6, 6.07) is 5.30. The molecule has 2 atom stereocenters. The first kappa shape index (κ1) is 21.1. The van der Waals surface area contributed by atoms with E-state index in [9.17, 15) is 9.59 Å². The van der Waals surface area contributed by atoms with Crippen LogP contribution in [0.25, 0.3) is 0 Å². The number of rotatable bonds is 3. The van der Waals surface area contributed by atoms with Crippen LogP contribution in [0.1, 0.15) is 58.9 Å². The maximum atomic E-state index is 13.2. The number of esters is 1. The van der Waals surface area contributed by atoms with Crippen molar-refractivity contribution in [2.75, 3.05) is 0 Å². The number of nitrogens with zero attached hydrogens (tertiary/aromatic N) is 1. The van der Waals surface area contributed by atoms with Gasteiger partial charge >= 0.3 is 5.97 Å². The number of benzene rings is 1. The van der Waals surface area contributed by atoms with E-state index < -0.39 is 17.8 Å². The third-order valence-electron chi connectivity index (χ3n) is 5.22. The number of aliphatic imine (C=N–C) groups is 1. The molecule has 1 aromatic carbocycles. The van der Waals surface area contributed by atoms with Gasteiger partial charge in [0, 0.05) is 29.3 Å². The first-order valence-corrected chi connectivity index (χ1v) is 10.2. The van der Waals surface area contributed by atoms with Gasteiger partial charge in [0.2, 0.25) is 0 Å². The third-order valence-corrected chi connectivity index (χ3v) is 6.06. The van der Waals surface area contributed by atoms with Crippen molar-refractivity contribution in [1.82, 2.24) is 0 Å². The lowest BCUT2D eigenvalue weighted by Crippen LogP contribution is -2.40. The molecule has 1 aromatic rings. The standard InChI is InChI=1S/C22H25Cl2NO3/c1-11(2)28-21(27)17-12(3)25-15-9-22(4,5)10-16(26)19(15)18(17)13-7-6-8-14(23)20(13)24/h6-8,11,17-18H,9-10H2,1-5H3/t17?,18-/m0/s1. The van der Waals surface area contributed by atoms with Gasteiger partial charge in [-0.15, -0.1) is 0 Å². The molecule has 4 nitrogen and oxygen atoms in total. The van der Waals surface area contributed by atoms with Crippen molar-refractivity contribution in [3.05, 3.63) is 45.1 Å². The number of hydrogen-bond donors (Lipinski definition) is 0. The summed E-state index contributed by atoms with van der Waals surface area (Å²) in [6.07, 6.45) is 0.805. The molecule has 0 aromatic heterocycles. The number of hydrogen-bond acceptors (Lipinski definition) is 4. The van der Waals surface area contributed by atoms with Gasteiger partial charge < -0.3 is 4.74 Å². The highest BCUT2D eigenvalue weighted by Crippen LogP contribution is 2.49. The number of ether oxygens (including phenoxy) is 1. The van der Waals surface area contributed by atoms with E-state index in [1.165, 1.54) is 0 Å². The van der Waals surface area contributed by atoms with Gasteiger partial charge in [0.15, 0.2) is 5.78 Å². The Morgan fingerprint density at radius 2 is 1.93 bits per heavy atom. The molecule has 28 heavy (non-hydrogen) atoms. The zero-order valence-corrected chi connectivity index (χ0v) is 18.3. The zero-order chi connectivity index (χ0) is 20.8. The minimum Gasteiger partial charge on any atom is -0.462 e. The predicted octanol–water partition coefficient (Wildman–Crippen LogP) is 5.76. The quantitative estimate of drug-likeness (QED) is 0.582. The van der Waals surface area contributed by atoms with Crippen LogP contribution in [-0.2, 0) is 14.3 Å².